The molecule has 0 unspecified atom stereocenters. The van der Waals surface area contributed by atoms with E-state index < -0.39 is 5.82 Å². The lowest BCUT2D eigenvalue weighted by Crippen LogP contribution is -2.04. The maximum absolute atomic E-state index is 13.6. The molecule has 1 N–H and O–H groups in total. The van der Waals surface area contributed by atoms with Crippen LogP contribution >= 0.6 is 11.6 Å². The molecule has 20 heavy (non-hydrogen) atoms. The Labute approximate surface area is 121 Å². The molecule has 0 saturated heterocycles. The molecule has 0 bridgehead atoms. The maximum Gasteiger partial charge on any atom is 0.337 e. The number of ether oxygens (including phenoxy) is 1. The van der Waals surface area contributed by atoms with Gasteiger partial charge < -0.3 is 10.1 Å². The molecule has 0 aromatic heterocycles. The SMILES string of the molecule is COC(=O)c1ccc(CNc2c(F)cccc2Cl)cc1. The Morgan fingerprint density at radius 3 is 2.55 bits per heavy atom. The van der Waals surface area contributed by atoms with E-state index in [1.54, 1.807) is 36.4 Å². The van der Waals surface area contributed by atoms with Gasteiger partial charge in [0.2, 0.25) is 0 Å². The molecular weight excluding hydrogens is 281 g/mol. The van der Waals surface area contributed by atoms with Crippen LogP contribution in [0.15, 0.2) is 42.5 Å². The number of methoxy groups -OCH3 is 1. The molecule has 2 aromatic rings. The second-order valence-electron chi connectivity index (χ2n) is 4.14. The van der Waals surface area contributed by atoms with Gasteiger partial charge in [-0.1, -0.05) is 29.8 Å². The fourth-order valence-electron chi connectivity index (χ4n) is 1.73. The smallest absolute Gasteiger partial charge is 0.337 e. The van der Waals surface area contributed by atoms with Crippen LogP contribution in [-0.4, -0.2) is 13.1 Å². The summed E-state index contributed by atoms with van der Waals surface area (Å²) in [5.41, 5.74) is 1.64. The first-order valence-corrected chi connectivity index (χ1v) is 6.34. The van der Waals surface area contributed by atoms with Crippen LogP contribution in [0.3, 0.4) is 0 Å². The Morgan fingerprint density at radius 2 is 1.95 bits per heavy atom. The number of carbonyl (C=O) groups excluding carboxylic acids is 1. The van der Waals surface area contributed by atoms with Gasteiger partial charge in [-0.3, -0.25) is 0 Å². The van der Waals surface area contributed by atoms with Crippen molar-refractivity contribution < 1.29 is 13.9 Å². The lowest BCUT2D eigenvalue weighted by molar-refractivity contribution is 0.0600. The van der Waals surface area contributed by atoms with Gasteiger partial charge in [0.05, 0.1) is 23.4 Å². The summed E-state index contributed by atoms with van der Waals surface area (Å²) in [6, 6.07) is 11.4. The number of halogens is 2. The molecule has 0 spiro atoms. The van der Waals surface area contributed by atoms with Crippen LogP contribution in [0.2, 0.25) is 5.02 Å². The number of hydrogen-bond acceptors (Lipinski definition) is 3. The average molecular weight is 294 g/mol. The molecule has 0 amide bonds. The Kier molecular flexibility index (Phi) is 4.58. The number of rotatable bonds is 4. The van der Waals surface area contributed by atoms with E-state index in [2.05, 4.69) is 10.1 Å². The molecule has 0 saturated carbocycles. The zero-order chi connectivity index (χ0) is 14.5. The number of esters is 1. The fraction of sp³-hybridized carbons (Fsp3) is 0.133. The topological polar surface area (TPSA) is 38.3 Å². The van der Waals surface area contributed by atoms with Gasteiger partial charge in [0.1, 0.15) is 5.82 Å². The summed E-state index contributed by atoms with van der Waals surface area (Å²) in [6.45, 7) is 0.405. The van der Waals surface area contributed by atoms with Crippen molar-refractivity contribution in [3.05, 3.63) is 64.4 Å². The van der Waals surface area contributed by atoms with Crippen molar-refractivity contribution in [2.45, 2.75) is 6.54 Å². The second-order valence-corrected chi connectivity index (χ2v) is 4.55. The van der Waals surface area contributed by atoms with E-state index in [1.807, 2.05) is 0 Å². The molecule has 0 heterocycles. The summed E-state index contributed by atoms with van der Waals surface area (Å²) in [7, 11) is 1.33. The lowest BCUT2D eigenvalue weighted by atomic mass is 10.1. The highest BCUT2D eigenvalue weighted by molar-refractivity contribution is 6.33. The number of benzene rings is 2. The number of nitrogens with one attached hydrogen (secondary N) is 1. The normalized spacial score (nSPS) is 10.2. The number of hydrogen-bond donors (Lipinski definition) is 1. The molecule has 0 radical (unpaired) electrons. The molecule has 0 aliphatic carbocycles. The van der Waals surface area contributed by atoms with Crippen LogP contribution in [0.5, 0.6) is 0 Å². The van der Waals surface area contributed by atoms with Gasteiger partial charge in [0.15, 0.2) is 0 Å². The minimum absolute atomic E-state index is 0.270. The summed E-state index contributed by atoms with van der Waals surface area (Å²) < 4.78 is 18.2. The quantitative estimate of drug-likeness (QED) is 0.870. The molecule has 2 rings (SSSR count). The number of anilines is 1. The highest BCUT2D eigenvalue weighted by Crippen LogP contribution is 2.25. The monoisotopic (exact) mass is 293 g/mol. The van der Waals surface area contributed by atoms with Gasteiger partial charge in [0.25, 0.3) is 0 Å². The van der Waals surface area contributed by atoms with Crippen molar-refractivity contribution in [3.63, 3.8) is 0 Å². The molecular formula is C15H13ClFNO2. The van der Waals surface area contributed by atoms with Gasteiger partial charge in [-0.15, -0.1) is 0 Å². The Morgan fingerprint density at radius 1 is 1.25 bits per heavy atom. The van der Waals surface area contributed by atoms with E-state index in [1.165, 1.54) is 13.2 Å². The van der Waals surface area contributed by atoms with Crippen molar-refractivity contribution in [1.82, 2.24) is 0 Å². The molecule has 2 aromatic carbocycles. The molecule has 0 aliphatic heterocycles. The summed E-state index contributed by atoms with van der Waals surface area (Å²) in [6.07, 6.45) is 0. The standard InChI is InChI=1S/C15H13ClFNO2/c1-20-15(19)11-7-5-10(6-8-11)9-18-14-12(16)3-2-4-13(14)17/h2-8,18H,9H2,1H3. The van der Waals surface area contributed by atoms with E-state index in [-0.39, 0.29) is 11.7 Å². The fourth-order valence-corrected chi connectivity index (χ4v) is 1.96. The van der Waals surface area contributed by atoms with Crippen LogP contribution < -0.4 is 5.32 Å². The Balaban J connectivity index is 2.06. The Bertz CT molecular complexity index is 594. The highest BCUT2D eigenvalue weighted by Gasteiger charge is 2.07. The van der Waals surface area contributed by atoms with E-state index in [9.17, 15) is 9.18 Å². The van der Waals surface area contributed by atoms with Gasteiger partial charge in [0, 0.05) is 6.54 Å². The minimum Gasteiger partial charge on any atom is -0.465 e. The minimum atomic E-state index is -0.399. The zero-order valence-corrected chi connectivity index (χ0v) is 11.6. The largest absolute Gasteiger partial charge is 0.465 e. The second kappa shape index (κ2) is 6.39. The summed E-state index contributed by atoms with van der Waals surface area (Å²) in [5.74, 6) is -0.787. The molecule has 5 heteroatoms. The molecule has 104 valence electrons. The van der Waals surface area contributed by atoms with Gasteiger partial charge in [-0.05, 0) is 29.8 Å². The van der Waals surface area contributed by atoms with Gasteiger partial charge in [-0.2, -0.15) is 0 Å². The van der Waals surface area contributed by atoms with Crippen LogP contribution in [0.25, 0.3) is 0 Å². The van der Waals surface area contributed by atoms with Crippen molar-refractivity contribution in [2.75, 3.05) is 12.4 Å². The number of para-hydroxylation sites is 1. The molecule has 0 atom stereocenters. The predicted molar refractivity (Wildman–Crippen MR) is 76.5 cm³/mol. The van der Waals surface area contributed by atoms with E-state index in [0.29, 0.717) is 17.1 Å². The zero-order valence-electron chi connectivity index (χ0n) is 10.8. The van der Waals surface area contributed by atoms with Crippen LogP contribution in [-0.2, 0) is 11.3 Å². The van der Waals surface area contributed by atoms with Crippen LogP contribution in [0, 0.1) is 5.82 Å². The van der Waals surface area contributed by atoms with Crippen molar-refractivity contribution >= 4 is 23.3 Å². The third kappa shape index (κ3) is 3.27. The van der Waals surface area contributed by atoms with Crippen LogP contribution in [0.4, 0.5) is 10.1 Å². The van der Waals surface area contributed by atoms with Crippen LogP contribution in [0.1, 0.15) is 15.9 Å². The Hall–Kier alpha value is -2.07. The average Bonchev–Trinajstić information content (AvgIpc) is 2.46. The van der Waals surface area contributed by atoms with E-state index in [4.69, 9.17) is 11.6 Å². The molecule has 0 fully saturated rings. The summed E-state index contributed by atoms with van der Waals surface area (Å²) >= 11 is 5.92. The van der Waals surface area contributed by atoms with E-state index >= 15 is 0 Å². The van der Waals surface area contributed by atoms with Crippen molar-refractivity contribution in [2.24, 2.45) is 0 Å². The highest BCUT2D eigenvalue weighted by atomic mass is 35.5. The molecule has 0 aliphatic rings. The summed E-state index contributed by atoms with van der Waals surface area (Å²) in [5, 5.41) is 3.27. The predicted octanol–water partition coefficient (Wildman–Crippen LogP) is 3.88. The molecule has 3 nitrogen and oxygen atoms in total. The third-order valence-electron chi connectivity index (χ3n) is 2.81. The third-order valence-corrected chi connectivity index (χ3v) is 3.12. The summed E-state index contributed by atoms with van der Waals surface area (Å²) in [4.78, 5) is 11.3. The van der Waals surface area contributed by atoms with Crippen molar-refractivity contribution in [3.8, 4) is 0 Å². The van der Waals surface area contributed by atoms with Crippen molar-refractivity contribution in [1.29, 1.82) is 0 Å². The van der Waals surface area contributed by atoms with Gasteiger partial charge in [-0.25, -0.2) is 9.18 Å². The maximum atomic E-state index is 13.6. The first-order chi connectivity index (χ1) is 9.61. The lowest BCUT2D eigenvalue weighted by Gasteiger charge is -2.09. The first-order valence-electron chi connectivity index (χ1n) is 5.97. The van der Waals surface area contributed by atoms with E-state index in [0.717, 1.165) is 5.56 Å². The number of carbonyl (C=O) groups is 1. The van der Waals surface area contributed by atoms with Gasteiger partial charge >= 0.3 is 5.97 Å². The first kappa shape index (κ1) is 14.3.